The number of hydrogen-bond acceptors (Lipinski definition) is 11. The summed E-state index contributed by atoms with van der Waals surface area (Å²) in [7, 11) is 0. The van der Waals surface area contributed by atoms with Crippen LogP contribution in [0.15, 0.2) is 85.2 Å². The van der Waals surface area contributed by atoms with Crippen LogP contribution < -0.4 is 15.8 Å². The summed E-state index contributed by atoms with van der Waals surface area (Å²) < 4.78 is 19.1. The summed E-state index contributed by atoms with van der Waals surface area (Å²) in [6, 6.07) is 26.3. The molecule has 12 nitrogen and oxygen atoms in total. The SMILES string of the molecule is Nc1ncnc2c1nc(NCc1ccc(-c3cccc(OCCCCOCc4ccccc4)c3)cc1)n2[C@@H]1O[C@H](CO)[C@@H](O)[C@H]1O. The third-order valence-corrected chi connectivity index (χ3v) is 7.91. The highest BCUT2D eigenvalue weighted by Gasteiger charge is 2.45. The van der Waals surface area contributed by atoms with Gasteiger partial charge in [0.15, 0.2) is 23.2 Å². The van der Waals surface area contributed by atoms with Gasteiger partial charge in [-0.25, -0.2) is 15.0 Å². The summed E-state index contributed by atoms with van der Waals surface area (Å²) >= 11 is 0. The first kappa shape index (κ1) is 31.4. The molecule has 1 aliphatic heterocycles. The Balaban J connectivity index is 1.05. The lowest BCUT2D eigenvalue weighted by molar-refractivity contribution is -0.0501. The molecule has 0 spiro atoms. The number of nitrogens with zero attached hydrogens (tertiary/aromatic N) is 4. The van der Waals surface area contributed by atoms with E-state index in [0.717, 1.165) is 35.3 Å². The zero-order valence-electron chi connectivity index (χ0n) is 25.3. The second-order valence-electron chi connectivity index (χ2n) is 11.1. The number of aliphatic hydroxyl groups excluding tert-OH is 3. The number of benzene rings is 3. The van der Waals surface area contributed by atoms with E-state index in [1.54, 1.807) is 0 Å². The van der Waals surface area contributed by atoms with Crippen LogP contribution in [-0.2, 0) is 22.6 Å². The quantitative estimate of drug-likeness (QED) is 0.114. The van der Waals surface area contributed by atoms with Gasteiger partial charge in [0.2, 0.25) is 5.95 Å². The van der Waals surface area contributed by atoms with Crippen molar-refractivity contribution in [2.45, 2.75) is 50.5 Å². The monoisotopic (exact) mass is 626 g/mol. The van der Waals surface area contributed by atoms with Crippen molar-refractivity contribution in [3.8, 4) is 16.9 Å². The van der Waals surface area contributed by atoms with E-state index < -0.39 is 31.1 Å². The molecule has 0 unspecified atom stereocenters. The Bertz CT molecular complexity index is 1720. The molecule has 46 heavy (non-hydrogen) atoms. The summed E-state index contributed by atoms with van der Waals surface area (Å²) in [6.45, 7) is 1.88. The first-order valence-electron chi connectivity index (χ1n) is 15.3. The number of imidazole rings is 1. The van der Waals surface area contributed by atoms with Gasteiger partial charge in [-0.05, 0) is 47.2 Å². The minimum atomic E-state index is -1.32. The molecule has 0 amide bonds. The van der Waals surface area contributed by atoms with Gasteiger partial charge in [0.1, 0.15) is 30.4 Å². The van der Waals surface area contributed by atoms with Crippen LogP contribution in [0.5, 0.6) is 5.75 Å². The molecule has 1 fully saturated rings. The number of ether oxygens (including phenoxy) is 3. The predicted molar refractivity (Wildman–Crippen MR) is 173 cm³/mol. The molecule has 0 radical (unpaired) electrons. The average Bonchev–Trinajstić information content (AvgIpc) is 3.60. The fourth-order valence-electron chi connectivity index (χ4n) is 5.41. The molecule has 1 saturated heterocycles. The van der Waals surface area contributed by atoms with Gasteiger partial charge >= 0.3 is 0 Å². The summed E-state index contributed by atoms with van der Waals surface area (Å²) in [5.41, 5.74) is 11.0. The van der Waals surface area contributed by atoms with Crippen molar-refractivity contribution in [1.29, 1.82) is 0 Å². The van der Waals surface area contributed by atoms with Gasteiger partial charge < -0.3 is 40.6 Å². The Hall–Kier alpha value is -4.59. The zero-order chi connectivity index (χ0) is 31.9. The second kappa shape index (κ2) is 14.7. The zero-order valence-corrected chi connectivity index (χ0v) is 25.3. The van der Waals surface area contributed by atoms with Gasteiger partial charge in [-0.3, -0.25) is 4.57 Å². The Labute approximate surface area is 266 Å². The Morgan fingerprint density at radius 2 is 1.67 bits per heavy atom. The topological polar surface area (TPSA) is 170 Å². The molecule has 3 aromatic carbocycles. The minimum absolute atomic E-state index is 0.168. The highest BCUT2D eigenvalue weighted by molar-refractivity contribution is 5.84. The van der Waals surface area contributed by atoms with Gasteiger partial charge in [-0.15, -0.1) is 0 Å². The second-order valence-corrected chi connectivity index (χ2v) is 11.1. The van der Waals surface area contributed by atoms with Crippen molar-refractivity contribution < 1.29 is 29.5 Å². The van der Waals surface area contributed by atoms with Crippen molar-refractivity contribution in [3.63, 3.8) is 0 Å². The van der Waals surface area contributed by atoms with Crippen molar-refractivity contribution in [2.75, 3.05) is 30.9 Å². The molecule has 3 heterocycles. The molecule has 4 atom stereocenters. The van der Waals surface area contributed by atoms with E-state index in [-0.39, 0.29) is 5.82 Å². The maximum Gasteiger partial charge on any atom is 0.207 e. The molecule has 6 N–H and O–H groups in total. The van der Waals surface area contributed by atoms with Crippen LogP contribution in [0.25, 0.3) is 22.3 Å². The number of anilines is 2. The normalized spacial score (nSPS) is 19.5. The van der Waals surface area contributed by atoms with E-state index in [9.17, 15) is 15.3 Å². The number of unbranched alkanes of at least 4 members (excludes halogenated alkanes) is 1. The van der Waals surface area contributed by atoms with E-state index in [1.807, 2.05) is 66.7 Å². The van der Waals surface area contributed by atoms with Crippen LogP contribution >= 0.6 is 0 Å². The van der Waals surface area contributed by atoms with Crippen LogP contribution in [0.1, 0.15) is 30.2 Å². The Kier molecular flexibility index (Phi) is 10.0. The third kappa shape index (κ3) is 7.11. The highest BCUT2D eigenvalue weighted by Crippen LogP contribution is 2.35. The smallest absolute Gasteiger partial charge is 0.207 e. The summed E-state index contributed by atoms with van der Waals surface area (Å²) in [6.07, 6.45) is -1.46. The first-order chi connectivity index (χ1) is 22.5. The van der Waals surface area contributed by atoms with E-state index in [1.165, 1.54) is 16.5 Å². The number of aromatic nitrogens is 4. The lowest BCUT2D eigenvalue weighted by Gasteiger charge is -2.19. The van der Waals surface area contributed by atoms with E-state index in [2.05, 4.69) is 32.4 Å². The van der Waals surface area contributed by atoms with E-state index in [0.29, 0.717) is 43.5 Å². The number of nitrogens with two attached hydrogens (primary N) is 1. The molecule has 5 aromatic rings. The molecular weight excluding hydrogens is 588 g/mol. The van der Waals surface area contributed by atoms with Crippen molar-refractivity contribution in [2.24, 2.45) is 0 Å². The predicted octanol–water partition coefficient (Wildman–Crippen LogP) is 3.67. The number of nitrogens with one attached hydrogen (secondary N) is 1. The largest absolute Gasteiger partial charge is 0.494 e. The van der Waals surface area contributed by atoms with Crippen molar-refractivity contribution in [3.05, 3.63) is 96.3 Å². The molecule has 1 aliphatic rings. The number of fused-ring (bicyclic) bond motifs is 1. The third-order valence-electron chi connectivity index (χ3n) is 7.91. The summed E-state index contributed by atoms with van der Waals surface area (Å²) in [4.78, 5) is 12.9. The number of nitrogen functional groups attached to an aromatic ring is 1. The van der Waals surface area contributed by atoms with Crippen LogP contribution in [0.3, 0.4) is 0 Å². The van der Waals surface area contributed by atoms with Gasteiger partial charge in [-0.2, -0.15) is 0 Å². The summed E-state index contributed by atoms with van der Waals surface area (Å²) in [5.74, 6) is 1.32. The first-order valence-corrected chi connectivity index (χ1v) is 15.3. The van der Waals surface area contributed by atoms with Crippen molar-refractivity contribution in [1.82, 2.24) is 19.5 Å². The molecule has 240 valence electrons. The number of hydrogen-bond donors (Lipinski definition) is 5. The van der Waals surface area contributed by atoms with Crippen LogP contribution in [-0.4, -0.2) is 73.0 Å². The standard InChI is InChI=1S/C34H38N6O6/c35-31-28-32(38-21-37-31)40(33-30(43)29(42)27(19-41)46-33)34(39-28)36-18-22-11-13-24(14-12-22)25-9-6-10-26(17-25)45-16-5-4-15-44-20-23-7-2-1-3-8-23/h1-3,6-14,17,21,27,29-30,33,41-43H,4-5,15-16,18-20H2,(H,36,39)(H2,35,37,38)/t27-,29-,30-,33-/m1/s1. The lowest BCUT2D eigenvalue weighted by Crippen LogP contribution is -2.33. The average molecular weight is 627 g/mol. The summed E-state index contributed by atoms with van der Waals surface area (Å²) in [5, 5.41) is 33.9. The van der Waals surface area contributed by atoms with Crippen LogP contribution in [0.4, 0.5) is 11.8 Å². The molecule has 2 aromatic heterocycles. The number of aliphatic hydroxyl groups is 3. The molecule has 0 bridgehead atoms. The maximum atomic E-state index is 10.7. The maximum absolute atomic E-state index is 10.7. The fourth-order valence-corrected chi connectivity index (χ4v) is 5.41. The Morgan fingerprint density at radius 1 is 0.870 bits per heavy atom. The number of rotatable bonds is 14. The minimum Gasteiger partial charge on any atom is -0.494 e. The van der Waals surface area contributed by atoms with Gasteiger partial charge in [-0.1, -0.05) is 66.7 Å². The molecular formula is C34H38N6O6. The molecule has 0 aliphatic carbocycles. The van der Waals surface area contributed by atoms with Gasteiger partial charge in [0, 0.05) is 13.2 Å². The highest BCUT2D eigenvalue weighted by atomic mass is 16.6. The molecule has 12 heteroatoms. The van der Waals surface area contributed by atoms with Crippen molar-refractivity contribution >= 4 is 22.9 Å². The van der Waals surface area contributed by atoms with E-state index in [4.69, 9.17) is 19.9 Å². The Morgan fingerprint density at radius 3 is 2.46 bits per heavy atom. The van der Waals surface area contributed by atoms with Crippen LogP contribution in [0, 0.1) is 0 Å². The molecule has 0 saturated carbocycles. The van der Waals surface area contributed by atoms with Gasteiger partial charge in [0.05, 0.1) is 19.8 Å². The fraction of sp³-hybridized carbons (Fsp3) is 0.324. The van der Waals surface area contributed by atoms with Gasteiger partial charge in [0.25, 0.3) is 0 Å². The van der Waals surface area contributed by atoms with Crippen LogP contribution in [0.2, 0.25) is 0 Å². The molecule has 6 rings (SSSR count). The lowest BCUT2D eigenvalue weighted by atomic mass is 10.0. The van der Waals surface area contributed by atoms with E-state index >= 15 is 0 Å².